The monoisotopic (exact) mass is 274 g/mol. The zero-order valence-electron chi connectivity index (χ0n) is 11.7. The van der Waals surface area contributed by atoms with E-state index in [2.05, 4.69) is 17.6 Å². The number of carbonyl (C=O) groups is 2. The quantitative estimate of drug-likeness (QED) is 0.473. The molecule has 2 amide bonds. The standard InChI is InChI=1S/C13H26N2O4/c1-2-10-19-11-6-9-15-13(18)14-8-5-3-4-7-12(16)17/h2-11H2,1H3,(H,16,17)(H2,14,15,18). The van der Waals surface area contributed by atoms with Crippen LogP contribution >= 0.6 is 0 Å². The first-order valence-corrected chi connectivity index (χ1v) is 6.98. The Morgan fingerprint density at radius 2 is 1.68 bits per heavy atom. The molecule has 0 aromatic heterocycles. The fraction of sp³-hybridized carbons (Fsp3) is 0.846. The average molecular weight is 274 g/mol. The van der Waals surface area contributed by atoms with Crippen LogP contribution in [0, 0.1) is 0 Å². The molecule has 3 N–H and O–H groups in total. The van der Waals surface area contributed by atoms with E-state index in [1.165, 1.54) is 0 Å². The first-order valence-electron chi connectivity index (χ1n) is 6.98. The maximum Gasteiger partial charge on any atom is 0.314 e. The van der Waals surface area contributed by atoms with Crippen molar-refractivity contribution in [3.05, 3.63) is 0 Å². The highest BCUT2D eigenvalue weighted by molar-refractivity contribution is 5.73. The lowest BCUT2D eigenvalue weighted by Gasteiger charge is -2.07. The van der Waals surface area contributed by atoms with E-state index in [-0.39, 0.29) is 12.5 Å². The number of carbonyl (C=O) groups excluding carboxylic acids is 1. The van der Waals surface area contributed by atoms with E-state index in [0.717, 1.165) is 32.3 Å². The molecule has 0 unspecified atom stereocenters. The molecule has 0 atom stereocenters. The molecule has 0 radical (unpaired) electrons. The van der Waals surface area contributed by atoms with E-state index in [9.17, 15) is 9.59 Å². The number of hydrogen-bond donors (Lipinski definition) is 3. The third-order valence-electron chi connectivity index (χ3n) is 2.45. The van der Waals surface area contributed by atoms with Gasteiger partial charge in [-0.2, -0.15) is 0 Å². The third-order valence-corrected chi connectivity index (χ3v) is 2.45. The van der Waals surface area contributed by atoms with Crippen LogP contribution in [0.4, 0.5) is 4.79 Å². The molecule has 0 fully saturated rings. The predicted octanol–water partition coefficient (Wildman–Crippen LogP) is 1.75. The zero-order chi connectivity index (χ0) is 14.3. The normalized spacial score (nSPS) is 10.2. The first kappa shape index (κ1) is 17.7. The number of ether oxygens (including phenoxy) is 1. The van der Waals surface area contributed by atoms with Gasteiger partial charge in [0.25, 0.3) is 0 Å². The number of rotatable bonds is 12. The van der Waals surface area contributed by atoms with Crippen LogP contribution in [0.1, 0.15) is 45.4 Å². The third kappa shape index (κ3) is 14.6. The molecule has 19 heavy (non-hydrogen) atoms. The second-order valence-electron chi connectivity index (χ2n) is 4.35. The van der Waals surface area contributed by atoms with E-state index in [1.807, 2.05) is 0 Å². The second kappa shape index (κ2) is 13.1. The predicted molar refractivity (Wildman–Crippen MR) is 73.2 cm³/mol. The lowest BCUT2D eigenvalue weighted by atomic mass is 10.2. The van der Waals surface area contributed by atoms with Gasteiger partial charge in [0.05, 0.1) is 0 Å². The minimum absolute atomic E-state index is 0.172. The number of unbranched alkanes of at least 4 members (excludes halogenated alkanes) is 2. The van der Waals surface area contributed by atoms with Crippen molar-refractivity contribution in [1.29, 1.82) is 0 Å². The van der Waals surface area contributed by atoms with Gasteiger partial charge < -0.3 is 20.5 Å². The number of carboxylic acids is 1. The zero-order valence-corrected chi connectivity index (χ0v) is 11.7. The minimum atomic E-state index is -0.768. The Labute approximate surface area is 114 Å². The Morgan fingerprint density at radius 3 is 2.32 bits per heavy atom. The van der Waals surface area contributed by atoms with Crippen molar-refractivity contribution in [2.24, 2.45) is 0 Å². The minimum Gasteiger partial charge on any atom is -0.481 e. The van der Waals surface area contributed by atoms with Crippen molar-refractivity contribution in [3.8, 4) is 0 Å². The molecule has 0 aliphatic heterocycles. The maximum absolute atomic E-state index is 11.3. The molecule has 0 saturated heterocycles. The van der Waals surface area contributed by atoms with Crippen molar-refractivity contribution < 1.29 is 19.4 Å². The first-order chi connectivity index (χ1) is 9.16. The van der Waals surface area contributed by atoms with Crippen LogP contribution in [-0.2, 0) is 9.53 Å². The molecule has 0 aromatic carbocycles. The molecule has 0 aliphatic rings. The maximum atomic E-state index is 11.3. The molecular weight excluding hydrogens is 248 g/mol. The van der Waals surface area contributed by atoms with Crippen LogP contribution in [0.3, 0.4) is 0 Å². The fourth-order valence-corrected chi connectivity index (χ4v) is 1.46. The highest BCUT2D eigenvalue weighted by Crippen LogP contribution is 1.98. The summed E-state index contributed by atoms with van der Waals surface area (Å²) in [5.74, 6) is -0.768. The number of amides is 2. The number of nitrogens with one attached hydrogen (secondary N) is 2. The van der Waals surface area contributed by atoms with E-state index < -0.39 is 5.97 Å². The van der Waals surface area contributed by atoms with Crippen molar-refractivity contribution in [1.82, 2.24) is 10.6 Å². The molecule has 0 rings (SSSR count). The van der Waals surface area contributed by atoms with Gasteiger partial charge in [0.1, 0.15) is 0 Å². The summed E-state index contributed by atoms with van der Waals surface area (Å²) in [6, 6.07) is -0.172. The lowest BCUT2D eigenvalue weighted by molar-refractivity contribution is -0.137. The van der Waals surface area contributed by atoms with Gasteiger partial charge in [-0.25, -0.2) is 4.79 Å². The summed E-state index contributed by atoms with van der Waals surface area (Å²) in [6.07, 6.45) is 4.30. The Kier molecular flexibility index (Phi) is 12.2. The van der Waals surface area contributed by atoms with Crippen LogP contribution < -0.4 is 10.6 Å². The summed E-state index contributed by atoms with van der Waals surface area (Å²) in [4.78, 5) is 21.6. The topological polar surface area (TPSA) is 87.7 Å². The van der Waals surface area contributed by atoms with E-state index in [1.54, 1.807) is 0 Å². The van der Waals surface area contributed by atoms with Gasteiger partial charge in [-0.15, -0.1) is 0 Å². The number of hydrogen-bond acceptors (Lipinski definition) is 3. The van der Waals surface area contributed by atoms with Crippen LogP contribution in [0.15, 0.2) is 0 Å². The van der Waals surface area contributed by atoms with Gasteiger partial charge in [0.15, 0.2) is 0 Å². The molecule has 0 bridgehead atoms. The Morgan fingerprint density at radius 1 is 1.00 bits per heavy atom. The van der Waals surface area contributed by atoms with Gasteiger partial charge in [0.2, 0.25) is 0 Å². The van der Waals surface area contributed by atoms with Crippen LogP contribution in [0.2, 0.25) is 0 Å². The van der Waals surface area contributed by atoms with Crippen molar-refractivity contribution in [2.45, 2.75) is 45.4 Å². The Bertz CT molecular complexity index is 247. The summed E-state index contributed by atoms with van der Waals surface area (Å²) in [7, 11) is 0. The van der Waals surface area contributed by atoms with Crippen molar-refractivity contribution in [3.63, 3.8) is 0 Å². The Balaban J connectivity index is 3.19. The molecule has 0 heterocycles. The molecule has 0 aliphatic carbocycles. The largest absolute Gasteiger partial charge is 0.481 e. The van der Waals surface area contributed by atoms with Crippen LogP contribution in [0.5, 0.6) is 0 Å². The molecule has 6 nitrogen and oxygen atoms in total. The van der Waals surface area contributed by atoms with E-state index >= 15 is 0 Å². The van der Waals surface area contributed by atoms with E-state index in [4.69, 9.17) is 9.84 Å². The van der Waals surface area contributed by atoms with Crippen molar-refractivity contribution in [2.75, 3.05) is 26.3 Å². The molecule has 0 spiro atoms. The van der Waals surface area contributed by atoms with Gasteiger partial charge in [0, 0.05) is 32.7 Å². The lowest BCUT2D eigenvalue weighted by Crippen LogP contribution is -2.36. The van der Waals surface area contributed by atoms with Gasteiger partial charge >= 0.3 is 12.0 Å². The highest BCUT2D eigenvalue weighted by atomic mass is 16.5. The SMILES string of the molecule is CCCOCCCNC(=O)NCCCCCC(=O)O. The molecule has 112 valence electrons. The molecular formula is C13H26N2O4. The average Bonchev–Trinajstić information content (AvgIpc) is 2.37. The highest BCUT2D eigenvalue weighted by Gasteiger charge is 1.99. The second-order valence-corrected chi connectivity index (χ2v) is 4.35. The summed E-state index contributed by atoms with van der Waals surface area (Å²) in [5, 5.41) is 13.9. The van der Waals surface area contributed by atoms with Crippen molar-refractivity contribution >= 4 is 12.0 Å². The Hall–Kier alpha value is -1.30. The summed E-state index contributed by atoms with van der Waals surface area (Å²) in [5.41, 5.74) is 0. The summed E-state index contributed by atoms with van der Waals surface area (Å²) >= 11 is 0. The van der Waals surface area contributed by atoms with Gasteiger partial charge in [-0.05, 0) is 25.7 Å². The number of urea groups is 1. The molecule has 0 saturated carbocycles. The number of aliphatic carboxylic acids is 1. The number of carboxylic acid groups (broad SMARTS) is 1. The summed E-state index contributed by atoms with van der Waals surface area (Å²) in [6.45, 7) is 4.68. The van der Waals surface area contributed by atoms with Crippen LogP contribution in [0.25, 0.3) is 0 Å². The molecule has 6 heteroatoms. The summed E-state index contributed by atoms with van der Waals surface area (Å²) < 4.78 is 5.29. The van der Waals surface area contributed by atoms with Crippen LogP contribution in [-0.4, -0.2) is 43.4 Å². The van der Waals surface area contributed by atoms with E-state index in [0.29, 0.717) is 26.1 Å². The van der Waals surface area contributed by atoms with Gasteiger partial charge in [-0.3, -0.25) is 4.79 Å². The fourth-order valence-electron chi connectivity index (χ4n) is 1.46. The van der Waals surface area contributed by atoms with Gasteiger partial charge in [-0.1, -0.05) is 13.3 Å². The molecule has 0 aromatic rings. The smallest absolute Gasteiger partial charge is 0.314 e.